The van der Waals surface area contributed by atoms with Crippen molar-refractivity contribution in [2.75, 3.05) is 7.11 Å². The van der Waals surface area contributed by atoms with Crippen LogP contribution >= 0.6 is 0 Å². The Balaban J connectivity index is 2.80. The average Bonchev–Trinajstić information content (AvgIpc) is 2.36. The molecule has 4 nitrogen and oxygen atoms in total. The van der Waals surface area contributed by atoms with E-state index in [-0.39, 0.29) is 5.92 Å². The van der Waals surface area contributed by atoms with E-state index in [1.54, 1.807) is 45.2 Å². The van der Waals surface area contributed by atoms with Gasteiger partial charge in [-0.05, 0) is 23.6 Å². The van der Waals surface area contributed by atoms with Gasteiger partial charge in [0.2, 0.25) is 0 Å². The molecule has 0 aliphatic carbocycles. The van der Waals surface area contributed by atoms with Crippen LogP contribution in [0.2, 0.25) is 0 Å². The molecule has 0 saturated heterocycles. The molecule has 0 heterocycles. The average molecular weight is 238 g/mol. The van der Waals surface area contributed by atoms with Crippen LogP contribution in [0.25, 0.3) is 0 Å². The van der Waals surface area contributed by atoms with Gasteiger partial charge in [-0.25, -0.2) is 0 Å². The molecule has 1 rings (SSSR count). The van der Waals surface area contributed by atoms with E-state index in [4.69, 9.17) is 9.84 Å². The number of aliphatic hydroxyl groups is 1. The number of methoxy groups -OCH3 is 1. The summed E-state index contributed by atoms with van der Waals surface area (Å²) in [4.78, 5) is 10.8. The highest BCUT2D eigenvalue weighted by Crippen LogP contribution is 2.28. The largest absolute Gasteiger partial charge is 0.497 e. The summed E-state index contributed by atoms with van der Waals surface area (Å²) >= 11 is 0. The van der Waals surface area contributed by atoms with Gasteiger partial charge in [0.1, 0.15) is 5.75 Å². The van der Waals surface area contributed by atoms with Crippen LogP contribution in [0, 0.1) is 11.8 Å². The molecule has 0 aliphatic rings. The third-order valence-electron chi connectivity index (χ3n) is 3.13. The van der Waals surface area contributed by atoms with E-state index in [1.807, 2.05) is 0 Å². The fourth-order valence-electron chi connectivity index (χ4n) is 1.60. The van der Waals surface area contributed by atoms with Gasteiger partial charge < -0.3 is 14.9 Å². The summed E-state index contributed by atoms with van der Waals surface area (Å²) in [6, 6.07) is 6.98. The van der Waals surface area contributed by atoms with Crippen molar-refractivity contribution < 1.29 is 19.7 Å². The zero-order valence-electron chi connectivity index (χ0n) is 10.3. The van der Waals surface area contributed by atoms with Crippen LogP contribution in [0.1, 0.15) is 25.5 Å². The predicted octanol–water partition coefficient (Wildman–Crippen LogP) is 2.09. The lowest BCUT2D eigenvalue weighted by molar-refractivity contribution is -0.144. The lowest BCUT2D eigenvalue weighted by atomic mass is 9.87. The summed E-state index contributed by atoms with van der Waals surface area (Å²) in [5.74, 6) is -1.13. The Hall–Kier alpha value is -1.55. The number of benzene rings is 1. The lowest BCUT2D eigenvalue weighted by Gasteiger charge is -2.22. The van der Waals surface area contributed by atoms with E-state index >= 15 is 0 Å². The van der Waals surface area contributed by atoms with Gasteiger partial charge in [-0.2, -0.15) is 0 Å². The summed E-state index contributed by atoms with van der Waals surface area (Å²) in [5, 5.41) is 19.0. The summed E-state index contributed by atoms with van der Waals surface area (Å²) in [7, 11) is 1.57. The molecule has 1 aromatic rings. The molecule has 2 N–H and O–H groups in total. The topological polar surface area (TPSA) is 66.8 Å². The van der Waals surface area contributed by atoms with Gasteiger partial charge in [0, 0.05) is 0 Å². The molecular weight excluding hydrogens is 220 g/mol. The first kappa shape index (κ1) is 13.5. The second kappa shape index (κ2) is 5.68. The van der Waals surface area contributed by atoms with Crippen molar-refractivity contribution >= 4 is 5.97 Å². The zero-order valence-corrected chi connectivity index (χ0v) is 10.3. The van der Waals surface area contributed by atoms with E-state index in [0.29, 0.717) is 11.3 Å². The number of hydrogen-bond acceptors (Lipinski definition) is 3. The Morgan fingerprint density at radius 2 is 1.76 bits per heavy atom. The summed E-state index contributed by atoms with van der Waals surface area (Å²) in [5.41, 5.74) is 0.700. The number of carbonyl (C=O) groups is 1. The molecule has 0 fully saturated rings. The van der Waals surface area contributed by atoms with Gasteiger partial charge in [-0.3, -0.25) is 4.79 Å². The van der Waals surface area contributed by atoms with Gasteiger partial charge in [0.15, 0.2) is 0 Å². The number of carboxylic acids is 1. The maximum atomic E-state index is 10.8. The van der Waals surface area contributed by atoms with E-state index < -0.39 is 18.0 Å². The predicted molar refractivity (Wildman–Crippen MR) is 63.9 cm³/mol. The highest BCUT2D eigenvalue weighted by Gasteiger charge is 2.26. The van der Waals surface area contributed by atoms with Crippen LogP contribution in [0.4, 0.5) is 0 Å². The van der Waals surface area contributed by atoms with E-state index in [2.05, 4.69) is 0 Å². The molecule has 17 heavy (non-hydrogen) atoms. The Morgan fingerprint density at radius 3 is 2.18 bits per heavy atom. The van der Waals surface area contributed by atoms with Crippen molar-refractivity contribution in [2.45, 2.75) is 20.0 Å². The fourth-order valence-corrected chi connectivity index (χ4v) is 1.60. The van der Waals surface area contributed by atoms with Crippen molar-refractivity contribution in [3.63, 3.8) is 0 Å². The molecule has 0 aromatic heterocycles. The van der Waals surface area contributed by atoms with Crippen LogP contribution < -0.4 is 4.74 Å². The molecule has 94 valence electrons. The zero-order chi connectivity index (χ0) is 13.0. The third-order valence-corrected chi connectivity index (χ3v) is 3.13. The van der Waals surface area contributed by atoms with Gasteiger partial charge in [-0.1, -0.05) is 26.0 Å². The van der Waals surface area contributed by atoms with Crippen LogP contribution in [0.5, 0.6) is 5.75 Å². The number of aliphatic carboxylic acids is 1. The lowest BCUT2D eigenvalue weighted by Crippen LogP contribution is -2.23. The minimum Gasteiger partial charge on any atom is -0.497 e. The van der Waals surface area contributed by atoms with E-state index in [1.165, 1.54) is 0 Å². The van der Waals surface area contributed by atoms with Crippen molar-refractivity contribution in [3.8, 4) is 5.75 Å². The van der Waals surface area contributed by atoms with E-state index in [0.717, 1.165) is 0 Å². The Kier molecular flexibility index (Phi) is 4.52. The number of ether oxygens (including phenoxy) is 1. The Labute approximate surface area is 101 Å². The first-order valence-corrected chi connectivity index (χ1v) is 5.52. The van der Waals surface area contributed by atoms with Crippen molar-refractivity contribution in [2.24, 2.45) is 11.8 Å². The molecule has 0 amide bonds. The van der Waals surface area contributed by atoms with Gasteiger partial charge in [-0.15, -0.1) is 0 Å². The first-order chi connectivity index (χ1) is 7.97. The number of aliphatic hydroxyl groups excluding tert-OH is 1. The third kappa shape index (κ3) is 3.20. The van der Waals surface area contributed by atoms with Gasteiger partial charge in [0.25, 0.3) is 0 Å². The maximum Gasteiger partial charge on any atom is 0.306 e. The van der Waals surface area contributed by atoms with Crippen molar-refractivity contribution in [3.05, 3.63) is 29.8 Å². The second-order valence-electron chi connectivity index (χ2n) is 4.20. The van der Waals surface area contributed by atoms with Gasteiger partial charge >= 0.3 is 5.97 Å². The van der Waals surface area contributed by atoms with Crippen LogP contribution in [-0.2, 0) is 4.79 Å². The maximum absolute atomic E-state index is 10.8. The van der Waals surface area contributed by atoms with Crippen LogP contribution in [0.15, 0.2) is 24.3 Å². The van der Waals surface area contributed by atoms with Gasteiger partial charge in [0.05, 0.1) is 19.1 Å². The SMILES string of the molecule is COc1ccc(C(O)C(C)C(C)C(=O)O)cc1. The quantitative estimate of drug-likeness (QED) is 0.824. The molecule has 0 radical (unpaired) electrons. The number of rotatable bonds is 5. The summed E-state index contributed by atoms with van der Waals surface area (Å²) in [6.07, 6.45) is -0.785. The minimum absolute atomic E-state index is 0.346. The Bertz CT molecular complexity index is 372. The minimum atomic E-state index is -0.898. The summed E-state index contributed by atoms with van der Waals surface area (Å²) < 4.78 is 5.02. The van der Waals surface area contributed by atoms with Crippen molar-refractivity contribution in [1.29, 1.82) is 0 Å². The first-order valence-electron chi connectivity index (χ1n) is 5.52. The molecule has 0 saturated carbocycles. The molecule has 4 heteroatoms. The summed E-state index contributed by atoms with van der Waals surface area (Å²) in [6.45, 7) is 3.33. The monoisotopic (exact) mass is 238 g/mol. The molecular formula is C13H18O4. The number of hydrogen-bond donors (Lipinski definition) is 2. The van der Waals surface area contributed by atoms with Crippen LogP contribution in [-0.4, -0.2) is 23.3 Å². The molecule has 3 unspecified atom stereocenters. The van der Waals surface area contributed by atoms with Crippen LogP contribution in [0.3, 0.4) is 0 Å². The normalized spacial score (nSPS) is 16.0. The molecule has 0 spiro atoms. The van der Waals surface area contributed by atoms with E-state index in [9.17, 15) is 9.90 Å². The molecule has 3 atom stereocenters. The molecule has 0 aliphatic heterocycles. The number of carboxylic acid groups (broad SMARTS) is 1. The Morgan fingerprint density at radius 1 is 1.24 bits per heavy atom. The standard InChI is InChI=1S/C13H18O4/c1-8(9(2)13(15)16)12(14)10-4-6-11(17-3)7-5-10/h4-9,12,14H,1-3H3,(H,15,16). The highest BCUT2D eigenvalue weighted by molar-refractivity contribution is 5.69. The smallest absolute Gasteiger partial charge is 0.306 e. The fraction of sp³-hybridized carbons (Fsp3) is 0.462. The molecule has 0 bridgehead atoms. The highest BCUT2D eigenvalue weighted by atomic mass is 16.5. The molecule has 1 aromatic carbocycles. The van der Waals surface area contributed by atoms with Crippen molar-refractivity contribution in [1.82, 2.24) is 0 Å². The second-order valence-corrected chi connectivity index (χ2v) is 4.20.